The first-order chi connectivity index (χ1) is 14.0. The summed E-state index contributed by atoms with van der Waals surface area (Å²) in [5.74, 6) is 1.68. The third-order valence-electron chi connectivity index (χ3n) is 5.50. The molecule has 0 bridgehead atoms. The minimum Gasteiger partial charge on any atom is -0.356 e. The molecule has 0 unspecified atom stereocenters. The molecule has 7 nitrogen and oxygen atoms in total. The lowest BCUT2D eigenvalue weighted by atomic mass is 10.1. The molecule has 0 aromatic rings. The maximum absolute atomic E-state index is 12.4. The third kappa shape index (κ3) is 9.66. The Labute approximate surface area is 199 Å². The molecule has 1 aliphatic carbocycles. The average Bonchev–Trinajstić information content (AvgIpc) is 3.22. The first kappa shape index (κ1) is 26.7. The Bertz CT molecular complexity index is 578. The summed E-state index contributed by atoms with van der Waals surface area (Å²) in [5, 5.41) is 6.78. The van der Waals surface area contributed by atoms with Crippen molar-refractivity contribution in [3.63, 3.8) is 0 Å². The van der Waals surface area contributed by atoms with E-state index in [2.05, 4.69) is 41.6 Å². The summed E-state index contributed by atoms with van der Waals surface area (Å²) in [7, 11) is 1.80. The highest BCUT2D eigenvalue weighted by molar-refractivity contribution is 14.0. The minimum atomic E-state index is 0. The molecule has 0 spiro atoms. The summed E-state index contributed by atoms with van der Waals surface area (Å²) in [6.07, 6.45) is 10.7. The van der Waals surface area contributed by atoms with Gasteiger partial charge >= 0.3 is 0 Å². The van der Waals surface area contributed by atoms with E-state index < -0.39 is 0 Å². The van der Waals surface area contributed by atoms with Crippen molar-refractivity contribution < 1.29 is 9.59 Å². The van der Waals surface area contributed by atoms with Crippen LogP contribution in [-0.2, 0) is 9.59 Å². The maximum Gasteiger partial charge on any atom is 0.222 e. The van der Waals surface area contributed by atoms with Gasteiger partial charge in [-0.15, -0.1) is 24.0 Å². The number of hydrogen-bond donors (Lipinski definition) is 2. The topological polar surface area (TPSA) is 77.0 Å². The van der Waals surface area contributed by atoms with E-state index in [9.17, 15) is 9.59 Å². The van der Waals surface area contributed by atoms with E-state index >= 15 is 0 Å². The van der Waals surface area contributed by atoms with Crippen molar-refractivity contribution >= 4 is 41.8 Å². The molecule has 0 saturated carbocycles. The molecular formula is C22H40IN5O2. The fraction of sp³-hybridized carbons (Fsp3) is 0.773. The summed E-state index contributed by atoms with van der Waals surface area (Å²) in [4.78, 5) is 32.6. The molecule has 2 aliphatic rings. The zero-order valence-electron chi connectivity index (χ0n) is 18.9. The number of halogens is 1. The Hall–Kier alpha value is -1.32. The summed E-state index contributed by atoms with van der Waals surface area (Å²) in [6, 6.07) is 0.458. The van der Waals surface area contributed by atoms with Gasteiger partial charge in [0, 0.05) is 58.7 Å². The number of amides is 2. The molecule has 2 rings (SSSR count). The Balaban J connectivity index is 0.00000450. The van der Waals surface area contributed by atoms with Crippen molar-refractivity contribution in [1.29, 1.82) is 0 Å². The van der Waals surface area contributed by atoms with Crippen molar-refractivity contribution in [2.45, 2.75) is 64.8 Å². The van der Waals surface area contributed by atoms with Crippen LogP contribution in [0.3, 0.4) is 0 Å². The van der Waals surface area contributed by atoms with E-state index in [1.54, 1.807) is 7.05 Å². The second-order valence-corrected chi connectivity index (χ2v) is 8.45. The summed E-state index contributed by atoms with van der Waals surface area (Å²) in [6.45, 7) is 7.67. The minimum absolute atomic E-state index is 0. The maximum atomic E-state index is 12.4. The number of unbranched alkanes of at least 4 members (excludes halogenated alkanes) is 2. The Morgan fingerprint density at radius 2 is 1.60 bits per heavy atom. The van der Waals surface area contributed by atoms with Gasteiger partial charge in [0.05, 0.1) is 0 Å². The molecule has 172 valence electrons. The van der Waals surface area contributed by atoms with Gasteiger partial charge < -0.3 is 20.4 Å². The van der Waals surface area contributed by atoms with E-state index in [1.165, 1.54) is 0 Å². The van der Waals surface area contributed by atoms with Crippen LogP contribution >= 0.6 is 24.0 Å². The summed E-state index contributed by atoms with van der Waals surface area (Å²) < 4.78 is 0. The Morgan fingerprint density at radius 3 is 2.17 bits per heavy atom. The van der Waals surface area contributed by atoms with Gasteiger partial charge in [-0.1, -0.05) is 32.4 Å². The molecular weight excluding hydrogens is 493 g/mol. The predicted octanol–water partition coefficient (Wildman–Crippen LogP) is 2.77. The fourth-order valence-electron chi connectivity index (χ4n) is 3.75. The van der Waals surface area contributed by atoms with Crippen LogP contribution in [0.2, 0.25) is 0 Å². The third-order valence-corrected chi connectivity index (χ3v) is 5.50. The normalized spacial score (nSPS) is 17.3. The van der Waals surface area contributed by atoms with Crippen LogP contribution in [0.25, 0.3) is 0 Å². The summed E-state index contributed by atoms with van der Waals surface area (Å²) in [5.41, 5.74) is 0. The van der Waals surface area contributed by atoms with E-state index in [4.69, 9.17) is 0 Å². The lowest BCUT2D eigenvalue weighted by molar-refractivity contribution is -0.140. The van der Waals surface area contributed by atoms with Gasteiger partial charge in [-0.25, -0.2) is 0 Å². The van der Waals surface area contributed by atoms with Gasteiger partial charge in [-0.2, -0.15) is 0 Å². The van der Waals surface area contributed by atoms with Crippen LogP contribution in [0, 0.1) is 5.92 Å². The van der Waals surface area contributed by atoms with Crippen molar-refractivity contribution in [2.24, 2.45) is 10.9 Å². The number of guanidine groups is 1. The van der Waals surface area contributed by atoms with Crippen LogP contribution < -0.4 is 10.6 Å². The van der Waals surface area contributed by atoms with Crippen LogP contribution in [0.1, 0.15) is 58.8 Å². The number of piperazine rings is 1. The molecule has 1 heterocycles. The molecule has 2 amide bonds. The average molecular weight is 533 g/mol. The number of rotatable bonds is 9. The second kappa shape index (κ2) is 14.6. The highest BCUT2D eigenvalue weighted by Gasteiger charge is 2.23. The first-order valence-corrected chi connectivity index (χ1v) is 11.2. The van der Waals surface area contributed by atoms with Crippen molar-refractivity contribution in [1.82, 2.24) is 20.4 Å². The molecule has 1 fully saturated rings. The van der Waals surface area contributed by atoms with E-state index in [0.29, 0.717) is 51.0 Å². The molecule has 2 N–H and O–H groups in total. The molecule has 0 radical (unpaired) electrons. The molecule has 0 aromatic heterocycles. The van der Waals surface area contributed by atoms with Gasteiger partial charge in [0.2, 0.25) is 11.8 Å². The highest BCUT2D eigenvalue weighted by Crippen LogP contribution is 2.11. The van der Waals surface area contributed by atoms with Crippen LogP contribution in [0.15, 0.2) is 17.1 Å². The zero-order chi connectivity index (χ0) is 21.1. The van der Waals surface area contributed by atoms with Gasteiger partial charge in [-0.05, 0) is 31.6 Å². The van der Waals surface area contributed by atoms with Crippen LogP contribution in [0.5, 0.6) is 0 Å². The smallest absolute Gasteiger partial charge is 0.222 e. The molecule has 30 heavy (non-hydrogen) atoms. The number of carbonyl (C=O) groups excluding carboxylic acids is 2. The number of aliphatic imine (C=N–C) groups is 1. The number of carbonyl (C=O) groups is 2. The first-order valence-electron chi connectivity index (χ1n) is 11.2. The molecule has 1 aliphatic heterocycles. The molecule has 8 heteroatoms. The number of nitrogens with zero attached hydrogens (tertiary/aromatic N) is 3. The lowest BCUT2D eigenvalue weighted by Gasteiger charge is -2.35. The molecule has 1 saturated heterocycles. The zero-order valence-corrected chi connectivity index (χ0v) is 21.2. The van der Waals surface area contributed by atoms with Gasteiger partial charge in [-0.3, -0.25) is 14.6 Å². The Kier molecular flexibility index (Phi) is 13.0. The van der Waals surface area contributed by atoms with E-state index in [0.717, 1.165) is 44.6 Å². The largest absolute Gasteiger partial charge is 0.356 e. The van der Waals surface area contributed by atoms with Gasteiger partial charge in [0.25, 0.3) is 0 Å². The van der Waals surface area contributed by atoms with Gasteiger partial charge in [0.1, 0.15) is 0 Å². The number of nitrogens with one attached hydrogen (secondary N) is 2. The lowest BCUT2D eigenvalue weighted by Crippen LogP contribution is -2.50. The summed E-state index contributed by atoms with van der Waals surface area (Å²) >= 11 is 0. The van der Waals surface area contributed by atoms with Crippen LogP contribution in [-0.4, -0.2) is 73.4 Å². The van der Waals surface area contributed by atoms with Crippen molar-refractivity contribution in [2.75, 3.05) is 39.8 Å². The van der Waals surface area contributed by atoms with E-state index in [1.807, 2.05) is 9.80 Å². The Morgan fingerprint density at radius 1 is 1.00 bits per heavy atom. The highest BCUT2D eigenvalue weighted by atomic mass is 127. The van der Waals surface area contributed by atoms with E-state index in [-0.39, 0.29) is 35.8 Å². The van der Waals surface area contributed by atoms with Gasteiger partial charge in [0.15, 0.2) is 5.96 Å². The SMILES string of the molecule is CN=C(NCCCCCC(=O)N1CCN(C(=O)CC(C)C)CC1)NC1CC=CC1.I. The standard InChI is InChI=1S/C22H39N5O2.HI/c1-18(2)17-21(29)27-15-13-26(14-16-27)20(28)11-5-4-8-12-24-22(23-3)25-19-9-6-7-10-19;/h6-7,18-19H,4-5,8-17H2,1-3H3,(H2,23,24,25);1H. The molecule has 0 atom stereocenters. The quantitative estimate of drug-likeness (QED) is 0.157. The van der Waals surface area contributed by atoms with Crippen LogP contribution in [0.4, 0.5) is 0 Å². The van der Waals surface area contributed by atoms with Crippen molar-refractivity contribution in [3.05, 3.63) is 12.2 Å². The fourth-order valence-corrected chi connectivity index (χ4v) is 3.75. The van der Waals surface area contributed by atoms with Crippen molar-refractivity contribution in [3.8, 4) is 0 Å². The number of hydrogen-bond acceptors (Lipinski definition) is 3. The molecule has 0 aromatic carbocycles. The predicted molar refractivity (Wildman–Crippen MR) is 133 cm³/mol. The monoisotopic (exact) mass is 533 g/mol. The second-order valence-electron chi connectivity index (χ2n) is 8.45.